The third kappa shape index (κ3) is 3.70. The van der Waals surface area contributed by atoms with E-state index in [4.69, 9.17) is 10.5 Å². The molecule has 4 nitrogen and oxygen atoms in total. The molecule has 0 unspecified atom stereocenters. The van der Waals surface area contributed by atoms with Crippen molar-refractivity contribution >= 4 is 34.1 Å². The number of hydrogen-bond donors (Lipinski definition) is 1. The zero-order valence-corrected chi connectivity index (χ0v) is 16.6. The lowest BCUT2D eigenvalue weighted by atomic mass is 9.98. The Balaban J connectivity index is 2.08. The second kappa shape index (κ2) is 8.30. The number of nitrogen functional groups attached to an aromatic ring is 1. The molecule has 0 aliphatic heterocycles. The Hall–Kier alpha value is -2.75. The maximum absolute atomic E-state index is 12.3. The van der Waals surface area contributed by atoms with Gasteiger partial charge in [0.15, 0.2) is 0 Å². The number of hydrogen-bond acceptors (Lipinski definition) is 6. The number of anilines is 1. The van der Waals surface area contributed by atoms with Crippen LogP contribution in [0, 0.1) is 11.3 Å². The first-order valence-electron chi connectivity index (χ1n) is 8.34. The van der Waals surface area contributed by atoms with Crippen LogP contribution in [0.1, 0.15) is 22.2 Å². The van der Waals surface area contributed by atoms with Crippen molar-refractivity contribution in [2.75, 3.05) is 18.6 Å². The van der Waals surface area contributed by atoms with Gasteiger partial charge in [0.1, 0.15) is 15.9 Å². The molecule has 1 aromatic heterocycles. The summed E-state index contributed by atoms with van der Waals surface area (Å²) in [6.45, 7) is 2.01. The highest BCUT2D eigenvalue weighted by molar-refractivity contribution is 7.98. The second-order valence-electron chi connectivity index (χ2n) is 5.66. The molecule has 0 saturated heterocycles. The first-order chi connectivity index (χ1) is 13.1. The Morgan fingerprint density at radius 3 is 2.48 bits per heavy atom. The number of carbonyl (C=O) groups is 1. The smallest absolute Gasteiger partial charge is 0.349 e. The van der Waals surface area contributed by atoms with E-state index in [1.165, 1.54) is 4.90 Å². The van der Waals surface area contributed by atoms with Crippen molar-refractivity contribution in [2.24, 2.45) is 0 Å². The molecule has 3 rings (SSSR count). The summed E-state index contributed by atoms with van der Waals surface area (Å²) in [6, 6.07) is 18.1. The number of esters is 1. The summed E-state index contributed by atoms with van der Waals surface area (Å²) in [5.74, 6) is -0.456. The minimum absolute atomic E-state index is 0.266. The molecule has 6 heteroatoms. The number of carbonyl (C=O) groups excluding carboxylic acids is 1. The van der Waals surface area contributed by atoms with Gasteiger partial charge in [-0.25, -0.2) is 4.79 Å². The van der Waals surface area contributed by atoms with Crippen molar-refractivity contribution < 1.29 is 9.53 Å². The number of benzene rings is 2. The third-order valence-electron chi connectivity index (χ3n) is 4.10. The second-order valence-corrected chi connectivity index (χ2v) is 7.56. The van der Waals surface area contributed by atoms with Gasteiger partial charge in [-0.3, -0.25) is 0 Å². The number of rotatable bonds is 5. The van der Waals surface area contributed by atoms with Crippen molar-refractivity contribution in [3.8, 4) is 28.3 Å². The Kier molecular flexibility index (Phi) is 5.84. The van der Waals surface area contributed by atoms with Crippen LogP contribution in [0.3, 0.4) is 0 Å². The fraction of sp³-hybridized carbons (Fsp3) is 0.143. The average molecular weight is 395 g/mol. The highest BCUT2D eigenvalue weighted by Gasteiger charge is 2.24. The Morgan fingerprint density at radius 1 is 1.19 bits per heavy atom. The third-order valence-corrected chi connectivity index (χ3v) is 5.89. The van der Waals surface area contributed by atoms with Gasteiger partial charge in [0, 0.05) is 10.5 Å². The zero-order chi connectivity index (χ0) is 19.4. The Bertz CT molecular complexity index is 1020. The van der Waals surface area contributed by atoms with Crippen molar-refractivity contribution in [1.29, 1.82) is 5.26 Å². The van der Waals surface area contributed by atoms with Gasteiger partial charge in [-0.15, -0.1) is 23.1 Å². The quantitative estimate of drug-likeness (QED) is 0.461. The van der Waals surface area contributed by atoms with E-state index >= 15 is 0 Å². The molecule has 0 aliphatic carbocycles. The highest BCUT2D eigenvalue weighted by Crippen LogP contribution is 2.39. The van der Waals surface area contributed by atoms with Crippen LogP contribution in [0.2, 0.25) is 0 Å². The van der Waals surface area contributed by atoms with E-state index in [0.717, 1.165) is 28.0 Å². The van der Waals surface area contributed by atoms with Gasteiger partial charge in [-0.1, -0.05) is 42.5 Å². The molecule has 27 heavy (non-hydrogen) atoms. The van der Waals surface area contributed by atoms with Crippen LogP contribution in [0.15, 0.2) is 53.4 Å². The molecular formula is C21H18N2O2S2. The maximum atomic E-state index is 12.3. The summed E-state index contributed by atoms with van der Waals surface area (Å²) in [4.78, 5) is 13.9. The van der Waals surface area contributed by atoms with Crippen LogP contribution < -0.4 is 5.73 Å². The van der Waals surface area contributed by atoms with Gasteiger partial charge in [0.25, 0.3) is 0 Å². The summed E-state index contributed by atoms with van der Waals surface area (Å²) < 4.78 is 5.13. The minimum Gasteiger partial charge on any atom is -0.462 e. The SMILES string of the molecule is CCOC(=O)c1sc(N)c(C#N)c1-c1ccc(-c2ccccc2SC)cc1. The van der Waals surface area contributed by atoms with Gasteiger partial charge < -0.3 is 10.5 Å². The topological polar surface area (TPSA) is 76.1 Å². The number of nitrogens with two attached hydrogens (primary N) is 1. The van der Waals surface area contributed by atoms with Crippen molar-refractivity contribution in [2.45, 2.75) is 11.8 Å². The Morgan fingerprint density at radius 2 is 1.85 bits per heavy atom. The van der Waals surface area contributed by atoms with Gasteiger partial charge >= 0.3 is 5.97 Å². The zero-order valence-electron chi connectivity index (χ0n) is 15.0. The number of nitriles is 1. The van der Waals surface area contributed by atoms with E-state index in [0.29, 0.717) is 21.0 Å². The molecule has 0 aliphatic rings. The number of thioether (sulfide) groups is 1. The van der Waals surface area contributed by atoms with Crippen LogP contribution in [0.25, 0.3) is 22.3 Å². The van der Waals surface area contributed by atoms with Crippen LogP contribution in [-0.2, 0) is 4.74 Å². The molecule has 0 amide bonds. The van der Waals surface area contributed by atoms with E-state index in [1.807, 2.05) is 42.7 Å². The molecule has 3 aromatic rings. The van der Waals surface area contributed by atoms with E-state index < -0.39 is 5.97 Å². The molecular weight excluding hydrogens is 376 g/mol. The first kappa shape index (κ1) is 19.0. The van der Waals surface area contributed by atoms with Gasteiger partial charge in [0.05, 0.1) is 12.2 Å². The Labute approximate surface area is 166 Å². The molecule has 0 radical (unpaired) electrons. The summed E-state index contributed by atoms with van der Waals surface area (Å²) in [5, 5.41) is 9.83. The molecule has 1 heterocycles. The minimum atomic E-state index is -0.456. The molecule has 2 aromatic carbocycles. The molecule has 0 fully saturated rings. The largest absolute Gasteiger partial charge is 0.462 e. The standard InChI is InChI=1S/C21H18N2O2S2/c1-3-25-21(24)19-18(16(12-22)20(23)27-19)14-10-8-13(9-11-14)15-6-4-5-7-17(15)26-2/h4-11H,3,23H2,1-2H3. The van der Waals surface area contributed by atoms with Gasteiger partial charge in [-0.05, 0) is 35.9 Å². The predicted molar refractivity (Wildman–Crippen MR) is 112 cm³/mol. The van der Waals surface area contributed by atoms with Crippen molar-refractivity contribution in [1.82, 2.24) is 0 Å². The van der Waals surface area contributed by atoms with E-state index in [2.05, 4.69) is 18.2 Å². The van der Waals surface area contributed by atoms with Crippen molar-refractivity contribution in [3.05, 3.63) is 59.0 Å². The lowest BCUT2D eigenvalue weighted by Gasteiger charge is -2.09. The summed E-state index contributed by atoms with van der Waals surface area (Å²) in [5.41, 5.74) is 9.82. The fourth-order valence-corrected chi connectivity index (χ4v) is 4.43. The molecule has 0 saturated carbocycles. The summed E-state index contributed by atoms with van der Waals surface area (Å²) in [6.07, 6.45) is 2.05. The maximum Gasteiger partial charge on any atom is 0.349 e. The van der Waals surface area contributed by atoms with Crippen LogP contribution in [0.5, 0.6) is 0 Å². The number of ether oxygens (including phenoxy) is 1. The lowest BCUT2D eigenvalue weighted by molar-refractivity contribution is 0.0533. The summed E-state index contributed by atoms with van der Waals surface area (Å²) in [7, 11) is 0. The van der Waals surface area contributed by atoms with Gasteiger partial charge in [-0.2, -0.15) is 5.26 Å². The number of nitrogens with zero attached hydrogens (tertiary/aromatic N) is 1. The summed E-state index contributed by atoms with van der Waals surface area (Å²) >= 11 is 2.79. The fourth-order valence-electron chi connectivity index (χ4n) is 2.88. The normalized spacial score (nSPS) is 10.4. The molecule has 2 N–H and O–H groups in total. The highest BCUT2D eigenvalue weighted by atomic mass is 32.2. The van der Waals surface area contributed by atoms with Gasteiger partial charge in [0.2, 0.25) is 0 Å². The molecule has 0 atom stereocenters. The predicted octanol–water partition coefficient (Wildman–Crippen LogP) is 5.43. The van der Waals surface area contributed by atoms with Crippen molar-refractivity contribution in [3.63, 3.8) is 0 Å². The monoisotopic (exact) mass is 394 g/mol. The molecule has 136 valence electrons. The van der Waals surface area contributed by atoms with E-state index in [1.54, 1.807) is 18.7 Å². The lowest BCUT2D eigenvalue weighted by Crippen LogP contribution is -2.04. The number of thiophene rings is 1. The molecule has 0 bridgehead atoms. The first-order valence-corrected chi connectivity index (χ1v) is 10.4. The average Bonchev–Trinajstić information content (AvgIpc) is 3.04. The van der Waals surface area contributed by atoms with E-state index in [9.17, 15) is 10.1 Å². The van der Waals surface area contributed by atoms with E-state index in [-0.39, 0.29) is 6.61 Å². The van der Waals surface area contributed by atoms with Crippen LogP contribution in [0.4, 0.5) is 5.00 Å². The molecule has 0 spiro atoms. The van der Waals surface area contributed by atoms with Crippen LogP contribution >= 0.6 is 23.1 Å². The van der Waals surface area contributed by atoms with Crippen LogP contribution in [-0.4, -0.2) is 18.8 Å².